The van der Waals surface area contributed by atoms with Crippen molar-refractivity contribution < 1.29 is 23.7 Å². The van der Waals surface area contributed by atoms with Gasteiger partial charge in [-0.1, -0.05) is 60.6 Å². The van der Waals surface area contributed by atoms with E-state index in [9.17, 15) is 4.79 Å². The fourth-order valence-corrected chi connectivity index (χ4v) is 3.45. The third kappa shape index (κ3) is 5.37. The topological polar surface area (TPSA) is 103 Å². The molecule has 3 rings (SSSR count). The van der Waals surface area contributed by atoms with Crippen molar-refractivity contribution in [3.8, 4) is 0 Å². The number of hydrogen-bond donors (Lipinski definition) is 0. The number of hydrogen-bond acceptors (Lipinski definition) is 6. The minimum atomic E-state index is -0.807. The second-order valence-corrected chi connectivity index (χ2v) is 7.06. The van der Waals surface area contributed by atoms with Crippen LogP contribution < -0.4 is 0 Å². The van der Waals surface area contributed by atoms with E-state index < -0.39 is 30.5 Å². The van der Waals surface area contributed by atoms with Gasteiger partial charge in [-0.2, -0.15) is 0 Å². The average Bonchev–Trinajstić information content (AvgIpc) is 2.79. The standard InChI is InChI=1S/C22H25N3O5/c1-15-18(14-29-21(26)17-11-7-4-8-12-17)30-22(27-2)19(24-25-23)20(15)28-13-16-9-5-3-6-10-16/h3-12,15,18-20,22H,13-14H2,1-2H3/t15-,18-,19-,20+,22+/m1/s1. The second-order valence-electron chi connectivity index (χ2n) is 7.06. The van der Waals surface area contributed by atoms with E-state index in [1.807, 2.05) is 43.3 Å². The van der Waals surface area contributed by atoms with E-state index in [1.165, 1.54) is 7.11 Å². The number of carbonyl (C=O) groups excluding carboxylic acids is 1. The molecule has 2 aromatic rings. The highest BCUT2D eigenvalue weighted by Crippen LogP contribution is 2.32. The third-order valence-corrected chi connectivity index (χ3v) is 5.12. The molecule has 0 radical (unpaired) electrons. The Bertz CT molecular complexity index is 858. The quantitative estimate of drug-likeness (QED) is 0.281. The Morgan fingerprint density at radius 3 is 2.43 bits per heavy atom. The highest BCUT2D eigenvalue weighted by Gasteiger charge is 2.45. The fraction of sp³-hybridized carbons (Fsp3) is 0.409. The first-order chi connectivity index (χ1) is 14.6. The molecule has 0 aliphatic carbocycles. The number of nitrogens with zero attached hydrogens (tertiary/aromatic N) is 3. The molecule has 0 bridgehead atoms. The zero-order chi connectivity index (χ0) is 21.3. The first-order valence-electron chi connectivity index (χ1n) is 9.74. The van der Waals surface area contributed by atoms with E-state index in [0.29, 0.717) is 12.2 Å². The average molecular weight is 411 g/mol. The van der Waals surface area contributed by atoms with Crippen molar-refractivity contribution in [3.05, 3.63) is 82.2 Å². The van der Waals surface area contributed by atoms with Crippen LogP contribution in [0.1, 0.15) is 22.8 Å². The Balaban J connectivity index is 1.71. The van der Waals surface area contributed by atoms with Crippen LogP contribution in [-0.2, 0) is 25.6 Å². The Morgan fingerprint density at radius 2 is 1.80 bits per heavy atom. The van der Waals surface area contributed by atoms with Crippen LogP contribution in [0.25, 0.3) is 10.4 Å². The van der Waals surface area contributed by atoms with Gasteiger partial charge in [-0.15, -0.1) is 0 Å². The predicted molar refractivity (Wildman–Crippen MR) is 110 cm³/mol. The Kier molecular flexibility index (Phi) is 7.82. The normalized spacial score (nSPS) is 25.9. The van der Waals surface area contributed by atoms with Crippen molar-refractivity contribution >= 4 is 5.97 Å². The van der Waals surface area contributed by atoms with E-state index in [0.717, 1.165) is 5.56 Å². The van der Waals surface area contributed by atoms with Gasteiger partial charge < -0.3 is 18.9 Å². The van der Waals surface area contributed by atoms with Gasteiger partial charge in [-0.25, -0.2) is 4.79 Å². The molecule has 2 aromatic carbocycles. The lowest BCUT2D eigenvalue weighted by molar-refractivity contribution is -0.249. The molecule has 0 N–H and O–H groups in total. The molecule has 30 heavy (non-hydrogen) atoms. The summed E-state index contributed by atoms with van der Waals surface area (Å²) in [7, 11) is 1.47. The Hall–Kier alpha value is -2.90. The van der Waals surface area contributed by atoms with Gasteiger partial charge in [0.15, 0.2) is 6.29 Å². The van der Waals surface area contributed by atoms with Crippen LogP contribution in [0.4, 0.5) is 0 Å². The molecule has 158 valence electrons. The highest BCUT2D eigenvalue weighted by molar-refractivity contribution is 5.89. The monoisotopic (exact) mass is 411 g/mol. The second kappa shape index (κ2) is 10.8. The van der Waals surface area contributed by atoms with Gasteiger partial charge in [0.2, 0.25) is 0 Å². The zero-order valence-electron chi connectivity index (χ0n) is 17.0. The minimum absolute atomic E-state index is 0.0307. The van der Waals surface area contributed by atoms with Gasteiger partial charge >= 0.3 is 5.97 Å². The molecule has 0 aromatic heterocycles. The van der Waals surface area contributed by atoms with E-state index in [4.69, 9.17) is 24.5 Å². The number of carbonyl (C=O) groups is 1. The molecular formula is C22H25N3O5. The van der Waals surface area contributed by atoms with Crippen molar-refractivity contribution in [2.45, 2.75) is 38.1 Å². The SMILES string of the molecule is CO[C@H]1O[C@H](COC(=O)c2ccccc2)[C@@H](C)[C@H](OCc2ccccc2)[C@H]1N=[N+]=[N-]. The highest BCUT2D eigenvalue weighted by atomic mass is 16.7. The van der Waals surface area contributed by atoms with Crippen LogP contribution in [-0.4, -0.2) is 44.2 Å². The number of benzene rings is 2. The molecule has 1 saturated heterocycles. The van der Waals surface area contributed by atoms with Gasteiger partial charge in [-0.05, 0) is 23.2 Å². The van der Waals surface area contributed by atoms with E-state index in [1.54, 1.807) is 24.3 Å². The number of methoxy groups -OCH3 is 1. The van der Waals surface area contributed by atoms with Gasteiger partial charge in [0.05, 0.1) is 24.4 Å². The summed E-state index contributed by atoms with van der Waals surface area (Å²) in [5.74, 6) is -0.640. The summed E-state index contributed by atoms with van der Waals surface area (Å²) < 4.78 is 22.9. The van der Waals surface area contributed by atoms with Crippen molar-refractivity contribution in [2.75, 3.05) is 13.7 Å². The first kappa shape index (κ1) is 21.8. The van der Waals surface area contributed by atoms with Crippen molar-refractivity contribution in [3.63, 3.8) is 0 Å². The summed E-state index contributed by atoms with van der Waals surface area (Å²) in [4.78, 5) is 15.2. The van der Waals surface area contributed by atoms with Crippen molar-refractivity contribution in [2.24, 2.45) is 11.0 Å². The maximum Gasteiger partial charge on any atom is 0.338 e. The van der Waals surface area contributed by atoms with Crippen LogP contribution in [0, 0.1) is 5.92 Å². The lowest BCUT2D eigenvalue weighted by Crippen LogP contribution is -2.55. The molecule has 8 nitrogen and oxygen atoms in total. The van der Waals surface area contributed by atoms with Gasteiger partial charge in [0.25, 0.3) is 0 Å². The molecule has 1 fully saturated rings. The lowest BCUT2D eigenvalue weighted by atomic mass is 9.89. The fourth-order valence-electron chi connectivity index (χ4n) is 3.45. The van der Waals surface area contributed by atoms with Crippen LogP contribution in [0.2, 0.25) is 0 Å². The van der Waals surface area contributed by atoms with Crippen LogP contribution in [0.3, 0.4) is 0 Å². The summed E-state index contributed by atoms with van der Waals surface area (Å²) in [5.41, 5.74) is 10.5. The van der Waals surface area contributed by atoms with Gasteiger partial charge in [-0.3, -0.25) is 0 Å². The molecule has 8 heteroatoms. The molecule has 0 amide bonds. The van der Waals surface area contributed by atoms with Gasteiger partial charge in [0, 0.05) is 17.9 Å². The first-order valence-corrected chi connectivity index (χ1v) is 9.74. The lowest BCUT2D eigenvalue weighted by Gasteiger charge is -2.43. The van der Waals surface area contributed by atoms with Crippen LogP contribution >= 0.6 is 0 Å². The zero-order valence-corrected chi connectivity index (χ0v) is 17.0. The van der Waals surface area contributed by atoms with Crippen molar-refractivity contribution in [1.29, 1.82) is 0 Å². The summed E-state index contributed by atoms with van der Waals surface area (Å²) in [6.07, 6.45) is -1.76. The molecule has 0 saturated carbocycles. The molecule has 1 aliphatic rings. The van der Waals surface area contributed by atoms with E-state index >= 15 is 0 Å². The smallest absolute Gasteiger partial charge is 0.338 e. The van der Waals surface area contributed by atoms with Gasteiger partial charge in [0.1, 0.15) is 12.6 Å². The van der Waals surface area contributed by atoms with E-state index in [2.05, 4.69) is 10.0 Å². The maximum absolute atomic E-state index is 12.3. The third-order valence-electron chi connectivity index (χ3n) is 5.12. The molecule has 5 atom stereocenters. The Labute approximate surface area is 175 Å². The predicted octanol–water partition coefficient (Wildman–Crippen LogP) is 4.12. The number of esters is 1. The molecule has 1 heterocycles. The largest absolute Gasteiger partial charge is 0.459 e. The number of azide groups is 1. The Morgan fingerprint density at radius 1 is 1.13 bits per heavy atom. The molecule has 0 spiro atoms. The maximum atomic E-state index is 12.3. The minimum Gasteiger partial charge on any atom is -0.459 e. The molecule has 1 aliphatic heterocycles. The summed E-state index contributed by atoms with van der Waals surface area (Å²) in [6.45, 7) is 2.30. The molecule has 0 unspecified atom stereocenters. The molecular weight excluding hydrogens is 386 g/mol. The van der Waals surface area contributed by atoms with Crippen LogP contribution in [0.5, 0.6) is 0 Å². The number of ether oxygens (including phenoxy) is 4. The summed E-state index contributed by atoms with van der Waals surface area (Å²) in [5, 5.41) is 3.86. The number of rotatable bonds is 8. The van der Waals surface area contributed by atoms with E-state index in [-0.39, 0.29) is 12.5 Å². The van der Waals surface area contributed by atoms with Crippen molar-refractivity contribution in [1.82, 2.24) is 0 Å². The summed E-state index contributed by atoms with van der Waals surface area (Å²) >= 11 is 0. The summed E-state index contributed by atoms with van der Waals surface area (Å²) in [6, 6.07) is 17.8. The van der Waals surface area contributed by atoms with Crippen LogP contribution in [0.15, 0.2) is 65.8 Å².